The molecule has 1 fully saturated rings. The predicted molar refractivity (Wildman–Crippen MR) is 107 cm³/mol. The van der Waals surface area contributed by atoms with E-state index in [2.05, 4.69) is 20.8 Å². The standard InChI is InChI=1S/C21H28N4O4/c1-14-8-9-17(15(2)12-14)28-13-18(26)22-10-11-23-20(27)21-24-19(25-29-21)16-6-4-3-5-7-16/h8-9,12,16H,3-7,10-11,13H2,1-2H3,(H,22,26)(H,23,27). The summed E-state index contributed by atoms with van der Waals surface area (Å²) in [6.45, 7) is 4.40. The fourth-order valence-electron chi connectivity index (χ4n) is 3.46. The second-order valence-electron chi connectivity index (χ2n) is 7.46. The molecule has 0 bridgehead atoms. The van der Waals surface area contributed by atoms with Gasteiger partial charge in [0.25, 0.3) is 5.91 Å². The number of hydrogen-bond acceptors (Lipinski definition) is 6. The van der Waals surface area contributed by atoms with Crippen molar-refractivity contribution in [2.45, 2.75) is 51.9 Å². The molecule has 0 aliphatic heterocycles. The minimum Gasteiger partial charge on any atom is -0.484 e. The van der Waals surface area contributed by atoms with E-state index in [-0.39, 0.29) is 37.4 Å². The van der Waals surface area contributed by atoms with Gasteiger partial charge in [0.1, 0.15) is 5.75 Å². The molecule has 8 heteroatoms. The Morgan fingerprint density at radius 2 is 1.90 bits per heavy atom. The lowest BCUT2D eigenvalue weighted by atomic mass is 9.89. The van der Waals surface area contributed by atoms with Crippen LogP contribution in [0.3, 0.4) is 0 Å². The van der Waals surface area contributed by atoms with Crippen LogP contribution in [-0.2, 0) is 4.79 Å². The zero-order valence-electron chi connectivity index (χ0n) is 17.0. The van der Waals surface area contributed by atoms with Gasteiger partial charge in [0.2, 0.25) is 0 Å². The molecule has 0 spiro atoms. The number of carbonyl (C=O) groups is 2. The number of carbonyl (C=O) groups excluding carboxylic acids is 2. The number of aromatic nitrogens is 2. The Morgan fingerprint density at radius 3 is 2.66 bits per heavy atom. The highest BCUT2D eigenvalue weighted by molar-refractivity contribution is 5.89. The summed E-state index contributed by atoms with van der Waals surface area (Å²) in [6, 6.07) is 5.79. The Labute approximate surface area is 170 Å². The minimum absolute atomic E-state index is 0.0323. The molecule has 2 aromatic rings. The molecule has 1 saturated carbocycles. The molecule has 2 N–H and O–H groups in total. The van der Waals surface area contributed by atoms with Gasteiger partial charge in [-0.3, -0.25) is 9.59 Å². The van der Waals surface area contributed by atoms with Crippen molar-refractivity contribution in [3.05, 3.63) is 41.0 Å². The first-order chi connectivity index (χ1) is 14.0. The van der Waals surface area contributed by atoms with Gasteiger partial charge in [0, 0.05) is 19.0 Å². The van der Waals surface area contributed by atoms with E-state index in [1.807, 2.05) is 32.0 Å². The largest absolute Gasteiger partial charge is 0.484 e. The summed E-state index contributed by atoms with van der Waals surface area (Å²) in [5, 5.41) is 9.32. The van der Waals surface area contributed by atoms with Crippen LogP contribution < -0.4 is 15.4 Å². The Kier molecular flexibility index (Phi) is 7.21. The molecule has 29 heavy (non-hydrogen) atoms. The summed E-state index contributed by atoms with van der Waals surface area (Å²) in [5.41, 5.74) is 2.12. The zero-order chi connectivity index (χ0) is 20.6. The normalized spacial score (nSPS) is 14.4. The molecule has 1 aliphatic carbocycles. The summed E-state index contributed by atoms with van der Waals surface area (Å²) in [7, 11) is 0. The third-order valence-corrected chi connectivity index (χ3v) is 5.03. The van der Waals surface area contributed by atoms with Crippen molar-refractivity contribution in [1.29, 1.82) is 0 Å². The van der Waals surface area contributed by atoms with Crippen LogP contribution in [-0.4, -0.2) is 41.7 Å². The Balaban J connectivity index is 1.35. The first-order valence-corrected chi connectivity index (χ1v) is 10.1. The van der Waals surface area contributed by atoms with Crippen LogP contribution in [0.4, 0.5) is 0 Å². The van der Waals surface area contributed by atoms with E-state index in [4.69, 9.17) is 9.26 Å². The molecule has 156 valence electrons. The van der Waals surface area contributed by atoms with Crippen molar-refractivity contribution in [2.75, 3.05) is 19.7 Å². The molecular formula is C21H28N4O4. The second kappa shape index (κ2) is 10.0. The van der Waals surface area contributed by atoms with E-state index in [1.165, 1.54) is 6.42 Å². The van der Waals surface area contributed by atoms with Crippen molar-refractivity contribution in [3.8, 4) is 5.75 Å². The molecule has 2 amide bonds. The number of ether oxygens (including phenoxy) is 1. The van der Waals surface area contributed by atoms with Gasteiger partial charge in [0.05, 0.1) is 0 Å². The Morgan fingerprint density at radius 1 is 1.14 bits per heavy atom. The molecule has 3 rings (SSSR count). The van der Waals surface area contributed by atoms with Crippen molar-refractivity contribution < 1.29 is 18.8 Å². The van der Waals surface area contributed by atoms with Crippen molar-refractivity contribution in [3.63, 3.8) is 0 Å². The molecule has 8 nitrogen and oxygen atoms in total. The van der Waals surface area contributed by atoms with E-state index >= 15 is 0 Å². The summed E-state index contributed by atoms with van der Waals surface area (Å²) in [4.78, 5) is 28.2. The number of hydrogen-bond donors (Lipinski definition) is 2. The van der Waals surface area contributed by atoms with Gasteiger partial charge in [-0.15, -0.1) is 0 Å². The third kappa shape index (κ3) is 6.04. The molecule has 0 saturated heterocycles. The summed E-state index contributed by atoms with van der Waals surface area (Å²) in [5.74, 6) is 0.869. The fourth-order valence-corrected chi connectivity index (χ4v) is 3.46. The molecular weight excluding hydrogens is 372 g/mol. The molecule has 0 unspecified atom stereocenters. The molecule has 1 aromatic heterocycles. The first kappa shape index (κ1) is 20.8. The summed E-state index contributed by atoms with van der Waals surface area (Å²) >= 11 is 0. The zero-order valence-corrected chi connectivity index (χ0v) is 17.0. The van der Waals surface area contributed by atoms with Crippen LogP contribution in [0.2, 0.25) is 0 Å². The molecule has 1 aliphatic rings. The maximum absolute atomic E-state index is 12.1. The van der Waals surface area contributed by atoms with E-state index in [0.717, 1.165) is 36.8 Å². The van der Waals surface area contributed by atoms with Gasteiger partial charge in [-0.2, -0.15) is 4.98 Å². The number of amides is 2. The van der Waals surface area contributed by atoms with Gasteiger partial charge >= 0.3 is 11.8 Å². The van der Waals surface area contributed by atoms with E-state index in [1.54, 1.807) is 0 Å². The maximum atomic E-state index is 12.1. The van der Waals surface area contributed by atoms with E-state index in [0.29, 0.717) is 11.6 Å². The van der Waals surface area contributed by atoms with Gasteiger partial charge < -0.3 is 19.9 Å². The molecule has 0 radical (unpaired) electrons. The van der Waals surface area contributed by atoms with Crippen LogP contribution in [0.25, 0.3) is 0 Å². The SMILES string of the molecule is Cc1ccc(OCC(=O)NCCNC(=O)c2nc(C3CCCCC3)no2)c(C)c1. The lowest BCUT2D eigenvalue weighted by Gasteiger charge is -2.17. The predicted octanol–water partition coefficient (Wildman–Crippen LogP) is 2.66. The van der Waals surface area contributed by atoms with Crippen LogP contribution in [0.5, 0.6) is 5.75 Å². The quantitative estimate of drug-likeness (QED) is 0.660. The average Bonchev–Trinajstić information content (AvgIpc) is 3.21. The number of nitrogens with one attached hydrogen (secondary N) is 2. The van der Waals surface area contributed by atoms with Gasteiger partial charge in [-0.25, -0.2) is 0 Å². The number of aryl methyl sites for hydroxylation is 2. The van der Waals surface area contributed by atoms with Gasteiger partial charge in [0.15, 0.2) is 12.4 Å². The van der Waals surface area contributed by atoms with E-state index < -0.39 is 5.91 Å². The van der Waals surface area contributed by atoms with Crippen LogP contribution >= 0.6 is 0 Å². The van der Waals surface area contributed by atoms with Crippen molar-refractivity contribution in [2.24, 2.45) is 0 Å². The fraction of sp³-hybridized carbons (Fsp3) is 0.524. The lowest BCUT2D eigenvalue weighted by Crippen LogP contribution is -2.36. The number of rotatable bonds is 8. The van der Waals surface area contributed by atoms with E-state index in [9.17, 15) is 9.59 Å². The minimum atomic E-state index is -0.430. The molecule has 1 aromatic carbocycles. The van der Waals surface area contributed by atoms with Gasteiger partial charge in [-0.1, -0.05) is 42.1 Å². The molecule has 1 heterocycles. The van der Waals surface area contributed by atoms with Crippen LogP contribution in [0.1, 0.15) is 65.7 Å². The lowest BCUT2D eigenvalue weighted by molar-refractivity contribution is -0.123. The monoisotopic (exact) mass is 400 g/mol. The smallest absolute Gasteiger partial charge is 0.315 e. The highest BCUT2D eigenvalue weighted by atomic mass is 16.5. The topological polar surface area (TPSA) is 106 Å². The van der Waals surface area contributed by atoms with Crippen LogP contribution in [0, 0.1) is 13.8 Å². The number of benzene rings is 1. The highest BCUT2D eigenvalue weighted by Crippen LogP contribution is 2.30. The summed E-state index contributed by atoms with van der Waals surface area (Å²) in [6.07, 6.45) is 5.64. The van der Waals surface area contributed by atoms with Crippen LogP contribution in [0.15, 0.2) is 22.7 Å². The third-order valence-electron chi connectivity index (χ3n) is 5.03. The average molecular weight is 400 g/mol. The highest BCUT2D eigenvalue weighted by Gasteiger charge is 2.23. The van der Waals surface area contributed by atoms with Gasteiger partial charge in [-0.05, 0) is 38.3 Å². The van der Waals surface area contributed by atoms with Crippen molar-refractivity contribution in [1.82, 2.24) is 20.8 Å². The first-order valence-electron chi connectivity index (χ1n) is 10.1. The summed E-state index contributed by atoms with van der Waals surface area (Å²) < 4.78 is 10.6. The maximum Gasteiger partial charge on any atom is 0.315 e. The Hall–Kier alpha value is -2.90. The molecule has 0 atom stereocenters. The van der Waals surface area contributed by atoms with Crippen molar-refractivity contribution >= 4 is 11.8 Å². The number of nitrogens with zero attached hydrogens (tertiary/aromatic N) is 2. The second-order valence-corrected chi connectivity index (χ2v) is 7.46. The Bertz CT molecular complexity index is 843.